The largest absolute Gasteiger partial charge is 1.00 e. The summed E-state index contributed by atoms with van der Waals surface area (Å²) in [5.74, 6) is -1.18. The van der Waals surface area contributed by atoms with Crippen LogP contribution in [0.3, 0.4) is 0 Å². The van der Waals surface area contributed by atoms with Gasteiger partial charge in [-0.05, 0) is 29.8 Å². The fraction of sp³-hybridized carbons (Fsp3) is 0. The summed E-state index contributed by atoms with van der Waals surface area (Å²) in [5.41, 5.74) is 12.2. The maximum absolute atomic E-state index is 10.2. The van der Waals surface area contributed by atoms with Crippen LogP contribution < -0.4 is 68.0 Å². The standard InChI is InChI=1S/C7H7NO2.C6H7N.K/c8-6-3-1-5(2-4-6)7(9)10;7-6-4-2-1-3-5-6;/h1-4H,8H2,(H,9,10);1-5H,7H2;/q;;+1/p-1. The first-order valence-electron chi connectivity index (χ1n) is 4.97. The van der Waals surface area contributed by atoms with E-state index in [1.165, 1.54) is 24.3 Å². The minimum absolute atomic E-state index is 0. The number of carboxylic acids is 1. The fourth-order valence-corrected chi connectivity index (χ4v) is 1.07. The Morgan fingerprint density at radius 3 is 1.61 bits per heavy atom. The van der Waals surface area contributed by atoms with Crippen LogP contribution >= 0.6 is 0 Å². The number of aromatic carboxylic acids is 1. The molecule has 0 aromatic heterocycles. The Bertz CT molecular complexity index is 472. The van der Waals surface area contributed by atoms with Gasteiger partial charge in [-0.15, -0.1) is 0 Å². The molecule has 0 aliphatic heterocycles. The Balaban J connectivity index is 0.000000321. The zero-order valence-corrected chi connectivity index (χ0v) is 13.3. The van der Waals surface area contributed by atoms with Crippen LogP contribution in [0.2, 0.25) is 0 Å². The first kappa shape index (κ1) is 17.1. The quantitative estimate of drug-likeness (QED) is 0.458. The van der Waals surface area contributed by atoms with Crippen molar-refractivity contribution in [3.8, 4) is 0 Å². The molecular formula is C13H13KN2O2. The minimum Gasteiger partial charge on any atom is -0.545 e. The number of hydrogen-bond donors (Lipinski definition) is 2. The van der Waals surface area contributed by atoms with Gasteiger partial charge in [0.05, 0.1) is 5.97 Å². The number of carboxylic acid groups (broad SMARTS) is 1. The first-order chi connectivity index (χ1) is 8.09. The van der Waals surface area contributed by atoms with E-state index in [9.17, 15) is 9.90 Å². The van der Waals surface area contributed by atoms with Crippen LogP contribution in [0.4, 0.5) is 11.4 Å². The number of nitrogens with two attached hydrogens (primary N) is 2. The molecule has 0 aliphatic rings. The van der Waals surface area contributed by atoms with E-state index in [2.05, 4.69) is 0 Å². The molecule has 5 heteroatoms. The predicted molar refractivity (Wildman–Crippen MR) is 66.0 cm³/mol. The predicted octanol–water partition coefficient (Wildman–Crippen LogP) is -2.09. The van der Waals surface area contributed by atoms with Crippen LogP contribution in [-0.4, -0.2) is 5.97 Å². The zero-order valence-electron chi connectivity index (χ0n) is 10.2. The Kier molecular flexibility index (Phi) is 8.69. The molecule has 0 bridgehead atoms. The topological polar surface area (TPSA) is 92.2 Å². The second-order valence-electron chi connectivity index (χ2n) is 3.32. The van der Waals surface area contributed by atoms with Gasteiger partial charge in [0, 0.05) is 11.4 Å². The van der Waals surface area contributed by atoms with Crippen molar-refractivity contribution in [3.63, 3.8) is 0 Å². The van der Waals surface area contributed by atoms with Crippen LogP contribution in [0.5, 0.6) is 0 Å². The van der Waals surface area contributed by atoms with Gasteiger partial charge < -0.3 is 21.4 Å². The van der Waals surface area contributed by atoms with Crippen LogP contribution in [0.1, 0.15) is 10.4 Å². The van der Waals surface area contributed by atoms with Gasteiger partial charge in [-0.3, -0.25) is 0 Å². The molecule has 4 N–H and O–H groups in total. The van der Waals surface area contributed by atoms with Gasteiger partial charge in [-0.1, -0.05) is 30.3 Å². The molecule has 0 amide bonds. The SMILES string of the molecule is Nc1ccc(C(=O)[O-])cc1.Nc1ccccc1.[K+]. The second kappa shape index (κ2) is 9.13. The number of carbonyl (C=O) groups is 1. The number of nitrogen functional groups attached to an aromatic ring is 2. The van der Waals surface area contributed by atoms with Gasteiger partial charge in [0.2, 0.25) is 0 Å². The summed E-state index contributed by atoms with van der Waals surface area (Å²) in [6.07, 6.45) is 0. The smallest absolute Gasteiger partial charge is 0.545 e. The molecule has 0 unspecified atom stereocenters. The van der Waals surface area contributed by atoms with E-state index in [1.54, 1.807) is 0 Å². The van der Waals surface area contributed by atoms with Crippen molar-refractivity contribution < 1.29 is 61.3 Å². The molecule has 0 heterocycles. The van der Waals surface area contributed by atoms with E-state index in [0.29, 0.717) is 5.69 Å². The maximum Gasteiger partial charge on any atom is 1.00 e. The molecule has 2 aromatic rings. The molecule has 0 atom stereocenters. The van der Waals surface area contributed by atoms with Crippen molar-refractivity contribution in [1.82, 2.24) is 0 Å². The fourth-order valence-electron chi connectivity index (χ4n) is 1.07. The number of carbonyl (C=O) groups excluding carboxylic acids is 1. The van der Waals surface area contributed by atoms with E-state index >= 15 is 0 Å². The van der Waals surface area contributed by atoms with Gasteiger partial charge in [0.1, 0.15) is 0 Å². The van der Waals surface area contributed by atoms with Crippen molar-refractivity contribution in [2.75, 3.05) is 11.5 Å². The third-order valence-electron chi connectivity index (χ3n) is 1.95. The van der Waals surface area contributed by atoms with Gasteiger partial charge in [-0.25, -0.2) is 0 Å². The number of benzene rings is 2. The summed E-state index contributed by atoms with van der Waals surface area (Å²) in [4.78, 5) is 10.2. The van der Waals surface area contributed by atoms with Crippen LogP contribution in [0, 0.1) is 0 Å². The molecule has 2 aromatic carbocycles. The van der Waals surface area contributed by atoms with E-state index in [-0.39, 0.29) is 56.9 Å². The molecule has 0 radical (unpaired) electrons. The van der Waals surface area contributed by atoms with Crippen molar-refractivity contribution in [3.05, 3.63) is 60.2 Å². The van der Waals surface area contributed by atoms with E-state index < -0.39 is 5.97 Å². The molecule has 4 nitrogen and oxygen atoms in total. The molecule has 88 valence electrons. The molecule has 0 saturated carbocycles. The molecular weight excluding hydrogens is 255 g/mol. The van der Waals surface area contributed by atoms with Gasteiger partial charge in [0.15, 0.2) is 0 Å². The number of hydrogen-bond acceptors (Lipinski definition) is 4. The van der Waals surface area contributed by atoms with Crippen molar-refractivity contribution in [2.45, 2.75) is 0 Å². The summed E-state index contributed by atoms with van der Waals surface area (Å²) in [7, 11) is 0. The molecule has 0 aliphatic carbocycles. The average Bonchev–Trinajstić information content (AvgIpc) is 2.31. The Labute approximate surface area is 148 Å². The Hall–Kier alpha value is -0.854. The molecule has 2 rings (SSSR count). The summed E-state index contributed by atoms with van der Waals surface area (Å²) in [6, 6.07) is 15.3. The minimum atomic E-state index is -1.18. The summed E-state index contributed by atoms with van der Waals surface area (Å²) >= 11 is 0. The molecule has 18 heavy (non-hydrogen) atoms. The first-order valence-corrected chi connectivity index (χ1v) is 4.97. The molecule has 0 saturated heterocycles. The maximum atomic E-state index is 10.2. The Morgan fingerprint density at radius 2 is 1.28 bits per heavy atom. The van der Waals surface area contributed by atoms with E-state index in [0.717, 1.165) is 5.69 Å². The third kappa shape index (κ3) is 6.78. The number of para-hydroxylation sites is 1. The number of rotatable bonds is 1. The van der Waals surface area contributed by atoms with E-state index in [1.807, 2.05) is 30.3 Å². The van der Waals surface area contributed by atoms with E-state index in [4.69, 9.17) is 11.5 Å². The van der Waals surface area contributed by atoms with Crippen molar-refractivity contribution in [2.24, 2.45) is 0 Å². The third-order valence-corrected chi connectivity index (χ3v) is 1.95. The molecule has 0 spiro atoms. The van der Waals surface area contributed by atoms with Gasteiger partial charge in [-0.2, -0.15) is 0 Å². The normalized spacial score (nSPS) is 8.44. The molecule has 0 fully saturated rings. The Morgan fingerprint density at radius 1 is 0.833 bits per heavy atom. The number of anilines is 2. The summed E-state index contributed by atoms with van der Waals surface area (Å²) in [5, 5.41) is 10.2. The van der Waals surface area contributed by atoms with Crippen molar-refractivity contribution >= 4 is 17.3 Å². The second-order valence-corrected chi connectivity index (χ2v) is 3.32. The summed E-state index contributed by atoms with van der Waals surface area (Å²) in [6.45, 7) is 0. The average molecular weight is 268 g/mol. The van der Waals surface area contributed by atoms with Crippen LogP contribution in [0.15, 0.2) is 54.6 Å². The van der Waals surface area contributed by atoms with Crippen LogP contribution in [-0.2, 0) is 0 Å². The summed E-state index contributed by atoms with van der Waals surface area (Å²) < 4.78 is 0. The van der Waals surface area contributed by atoms with Gasteiger partial charge >= 0.3 is 51.4 Å². The zero-order chi connectivity index (χ0) is 12.7. The van der Waals surface area contributed by atoms with Gasteiger partial charge in [0.25, 0.3) is 0 Å². The monoisotopic (exact) mass is 268 g/mol. The van der Waals surface area contributed by atoms with Crippen molar-refractivity contribution in [1.29, 1.82) is 0 Å². The van der Waals surface area contributed by atoms with Crippen LogP contribution in [0.25, 0.3) is 0 Å².